The van der Waals surface area contributed by atoms with E-state index in [-0.39, 0.29) is 92.0 Å². The quantitative estimate of drug-likeness (QED) is 0.301. The summed E-state index contributed by atoms with van der Waals surface area (Å²) in [6.45, 7) is 0. The third kappa shape index (κ3) is 114. The summed E-state index contributed by atoms with van der Waals surface area (Å²) in [7, 11) is 0. The van der Waals surface area contributed by atoms with Crippen LogP contribution >= 0.6 is 0 Å². The van der Waals surface area contributed by atoms with Gasteiger partial charge >= 0.3 is 59.1 Å². The molecule has 0 fully saturated rings. The summed E-state index contributed by atoms with van der Waals surface area (Å²) in [4.78, 5) is 0. The van der Waals surface area contributed by atoms with Gasteiger partial charge in [-0.05, 0) is 0 Å². The first kappa shape index (κ1) is 242. The van der Waals surface area contributed by atoms with E-state index in [1.54, 1.807) is 0 Å². The van der Waals surface area contributed by atoms with Gasteiger partial charge in [-0.2, -0.15) is 0 Å². The zero-order valence-electron chi connectivity index (χ0n) is 3.00. The van der Waals surface area contributed by atoms with Gasteiger partial charge in [-0.15, -0.1) is 0 Å². The Balaban J connectivity index is 0. The van der Waals surface area contributed by atoms with E-state index in [2.05, 4.69) is 0 Å². The Morgan fingerprint density at radius 1 is 0.250 bits per heavy atom. The summed E-state index contributed by atoms with van der Waals surface area (Å²) in [5.41, 5.74) is 0. The fraction of sp³-hybridized carbons (Fsp3) is 0. The van der Waals surface area contributed by atoms with Gasteiger partial charge in [0.15, 0.2) is 0 Å². The van der Waals surface area contributed by atoms with Crippen LogP contribution in [0.5, 0.6) is 0 Å². The molecule has 0 saturated heterocycles. The average Bonchev–Trinajstić information content (AvgIpc) is 0. The van der Waals surface area contributed by atoms with E-state index in [4.69, 9.17) is 0 Å². The van der Waals surface area contributed by atoms with Gasteiger partial charge < -0.3 is 32.9 Å². The van der Waals surface area contributed by atoms with Gasteiger partial charge in [-0.1, -0.05) is 0 Å². The molecule has 0 amide bonds. The molecule has 0 atom stereocenters. The molecule has 0 aromatic rings. The summed E-state index contributed by atoms with van der Waals surface area (Å²) in [5.74, 6) is 0. The fourth-order valence-electron chi connectivity index (χ4n) is 0. The molecule has 0 aromatic carbocycles. The van der Waals surface area contributed by atoms with Crippen LogP contribution in [0.4, 0.5) is 0 Å². The summed E-state index contributed by atoms with van der Waals surface area (Å²) in [6.07, 6.45) is 0. The van der Waals surface area contributed by atoms with Crippen molar-refractivity contribution in [2.75, 3.05) is 0 Å². The van der Waals surface area contributed by atoms with Gasteiger partial charge in [0.25, 0.3) is 0 Å². The van der Waals surface area contributed by atoms with Crippen LogP contribution in [-0.4, -0.2) is 92.0 Å². The Bertz CT molecular complexity index is 6.49. The molecule has 8 heavy (non-hydrogen) atoms. The van der Waals surface area contributed by atoms with Crippen molar-refractivity contribution in [3.63, 3.8) is 0 Å². The molecule has 0 bridgehead atoms. The zero-order valence-corrected chi connectivity index (χ0v) is 3.00. The molecule has 0 saturated carbocycles. The van der Waals surface area contributed by atoms with Crippen molar-refractivity contribution in [1.82, 2.24) is 0 Å². The topological polar surface area (TPSA) is 189 Å². The Kier molecular flexibility index (Phi) is 5150. The molecule has 6 nitrogen and oxygen atoms in total. The molecule has 8 heteroatoms. The molecule has 0 heterocycles. The minimum absolute atomic E-state index is 0. The third-order valence-corrected chi connectivity index (χ3v) is 0. The first-order valence-corrected chi connectivity index (χ1v) is 0. The molecular formula is H14Na2O6. The summed E-state index contributed by atoms with van der Waals surface area (Å²) in [5, 5.41) is 0. The fourth-order valence-corrected chi connectivity index (χ4v) is 0. The molecule has 0 aromatic heterocycles. The van der Waals surface area contributed by atoms with Gasteiger partial charge in [0, 0.05) is 0 Å². The number of hydrogen-bond acceptors (Lipinski definition) is 0. The molecular weight excluding hydrogens is 142 g/mol. The molecule has 0 spiro atoms. The number of hydrogen-bond donors (Lipinski definition) is 0. The van der Waals surface area contributed by atoms with E-state index >= 15 is 0 Å². The standard InChI is InChI=1S/2Na.6H2O.2H/h;;6*1H2;;. The van der Waals surface area contributed by atoms with Crippen molar-refractivity contribution in [3.8, 4) is 0 Å². The number of rotatable bonds is 0. The van der Waals surface area contributed by atoms with Gasteiger partial charge in [-0.25, -0.2) is 0 Å². The van der Waals surface area contributed by atoms with E-state index in [0.717, 1.165) is 0 Å². The van der Waals surface area contributed by atoms with Crippen molar-refractivity contribution < 1.29 is 32.9 Å². The van der Waals surface area contributed by atoms with Crippen LogP contribution < -0.4 is 0 Å². The molecule has 0 radical (unpaired) electrons. The molecule has 12 N–H and O–H groups in total. The van der Waals surface area contributed by atoms with E-state index in [1.165, 1.54) is 0 Å². The summed E-state index contributed by atoms with van der Waals surface area (Å²) >= 11 is 0. The van der Waals surface area contributed by atoms with Crippen molar-refractivity contribution in [1.29, 1.82) is 0 Å². The Morgan fingerprint density at radius 2 is 0.250 bits per heavy atom. The molecule has 0 rings (SSSR count). The maximum absolute atomic E-state index is 0. The van der Waals surface area contributed by atoms with Crippen LogP contribution in [0.25, 0.3) is 0 Å². The van der Waals surface area contributed by atoms with Crippen molar-refractivity contribution in [2.24, 2.45) is 0 Å². The van der Waals surface area contributed by atoms with E-state index in [9.17, 15) is 0 Å². The second kappa shape index (κ2) is 170. The Morgan fingerprint density at radius 3 is 0.250 bits per heavy atom. The van der Waals surface area contributed by atoms with E-state index < -0.39 is 0 Å². The maximum atomic E-state index is 0. The van der Waals surface area contributed by atoms with Crippen LogP contribution in [-0.2, 0) is 0 Å². The van der Waals surface area contributed by atoms with Gasteiger partial charge in [-0.3, -0.25) is 0 Å². The minimum atomic E-state index is 0. The molecule has 0 aliphatic rings. The van der Waals surface area contributed by atoms with Gasteiger partial charge in [0.1, 0.15) is 0 Å². The molecule has 0 aliphatic carbocycles. The van der Waals surface area contributed by atoms with Crippen LogP contribution in [0, 0.1) is 0 Å². The molecule has 0 unspecified atom stereocenters. The molecule has 52 valence electrons. The summed E-state index contributed by atoms with van der Waals surface area (Å²) in [6, 6.07) is 0. The normalized spacial score (nSPS) is 0. The van der Waals surface area contributed by atoms with Crippen LogP contribution in [0.3, 0.4) is 0 Å². The second-order valence-corrected chi connectivity index (χ2v) is 0. The van der Waals surface area contributed by atoms with Crippen LogP contribution in [0.15, 0.2) is 0 Å². The molecule has 0 aliphatic heterocycles. The van der Waals surface area contributed by atoms with Crippen molar-refractivity contribution in [3.05, 3.63) is 0 Å². The van der Waals surface area contributed by atoms with Crippen molar-refractivity contribution in [2.45, 2.75) is 0 Å². The van der Waals surface area contributed by atoms with Gasteiger partial charge in [0.2, 0.25) is 0 Å². The van der Waals surface area contributed by atoms with E-state index in [0.29, 0.717) is 0 Å². The van der Waals surface area contributed by atoms with E-state index in [1.807, 2.05) is 0 Å². The SMILES string of the molecule is O.O.O.O.O.O.[NaH].[NaH]. The van der Waals surface area contributed by atoms with Crippen LogP contribution in [0.2, 0.25) is 0 Å². The zero-order chi connectivity index (χ0) is 0. The average molecular weight is 156 g/mol. The first-order valence-electron chi connectivity index (χ1n) is 0. The Hall–Kier alpha value is 1.76. The summed E-state index contributed by atoms with van der Waals surface area (Å²) < 4.78 is 0. The van der Waals surface area contributed by atoms with Gasteiger partial charge in [0.05, 0.1) is 0 Å². The predicted molar refractivity (Wildman–Crippen MR) is 36.0 cm³/mol. The second-order valence-electron chi connectivity index (χ2n) is 0. The Labute approximate surface area is 91.1 Å². The first-order chi connectivity index (χ1) is 0. The van der Waals surface area contributed by atoms with Crippen molar-refractivity contribution >= 4 is 59.1 Å². The monoisotopic (exact) mass is 156 g/mol. The van der Waals surface area contributed by atoms with Crippen LogP contribution in [0.1, 0.15) is 0 Å². The predicted octanol–water partition coefficient (Wildman–Crippen LogP) is -6.25. The third-order valence-electron chi connectivity index (χ3n) is 0.